The molecular weight excluding hydrogens is 298 g/mol. The van der Waals surface area contributed by atoms with E-state index in [0.717, 1.165) is 25.2 Å². The van der Waals surface area contributed by atoms with Crippen LogP contribution in [0.25, 0.3) is 0 Å². The van der Waals surface area contributed by atoms with Crippen molar-refractivity contribution in [3.63, 3.8) is 0 Å². The Morgan fingerprint density at radius 3 is 2.32 bits per heavy atom. The van der Waals surface area contributed by atoms with Gasteiger partial charge in [-0.15, -0.1) is 12.4 Å². The Kier molecular flexibility index (Phi) is 9.17. The van der Waals surface area contributed by atoms with Gasteiger partial charge in [0.2, 0.25) is 0 Å². The van der Waals surface area contributed by atoms with Gasteiger partial charge in [-0.05, 0) is 56.8 Å². The molecule has 1 heterocycles. The molecule has 0 atom stereocenters. The lowest BCUT2D eigenvalue weighted by molar-refractivity contribution is -0.137. The van der Waals surface area contributed by atoms with E-state index in [1.807, 2.05) is 0 Å². The summed E-state index contributed by atoms with van der Waals surface area (Å²) in [6.07, 6.45) is 7.09. The predicted octanol–water partition coefficient (Wildman–Crippen LogP) is 4.32. The number of hydrogen-bond donors (Lipinski definition) is 1. The number of rotatable bonds is 8. The molecule has 0 saturated carbocycles. The lowest BCUT2D eigenvalue weighted by Gasteiger charge is -2.32. The van der Waals surface area contributed by atoms with Crippen LogP contribution in [0.3, 0.4) is 0 Å². The number of carboxylic acids is 1. The first-order valence-corrected chi connectivity index (χ1v) is 8.25. The third-order valence-corrected chi connectivity index (χ3v) is 4.47. The number of nitrogens with zero attached hydrogens (tertiary/aromatic N) is 1. The van der Waals surface area contributed by atoms with Gasteiger partial charge < -0.3 is 10.0 Å². The molecule has 4 heteroatoms. The third-order valence-electron chi connectivity index (χ3n) is 4.47. The van der Waals surface area contributed by atoms with Gasteiger partial charge in [-0.2, -0.15) is 0 Å². The number of carbonyl (C=O) groups is 1. The molecule has 1 saturated heterocycles. The monoisotopic (exact) mass is 325 g/mol. The van der Waals surface area contributed by atoms with Crippen molar-refractivity contribution in [1.82, 2.24) is 4.90 Å². The fourth-order valence-corrected chi connectivity index (χ4v) is 3.18. The first kappa shape index (κ1) is 19.0. The van der Waals surface area contributed by atoms with E-state index in [0.29, 0.717) is 6.42 Å². The van der Waals surface area contributed by atoms with Crippen molar-refractivity contribution in [1.29, 1.82) is 0 Å². The van der Waals surface area contributed by atoms with Gasteiger partial charge in [0.25, 0.3) is 0 Å². The molecule has 1 aromatic carbocycles. The SMILES string of the molecule is Cl.O=C(O)CCCCCCN1CCC(c2ccccc2)CC1. The van der Waals surface area contributed by atoms with Gasteiger partial charge in [-0.3, -0.25) is 4.79 Å². The minimum atomic E-state index is -0.669. The minimum absolute atomic E-state index is 0. The van der Waals surface area contributed by atoms with Gasteiger partial charge in [0.15, 0.2) is 0 Å². The molecule has 0 amide bonds. The largest absolute Gasteiger partial charge is 0.481 e. The van der Waals surface area contributed by atoms with Crippen LogP contribution in [0.5, 0.6) is 0 Å². The van der Waals surface area contributed by atoms with Crippen molar-refractivity contribution in [2.45, 2.75) is 50.9 Å². The summed E-state index contributed by atoms with van der Waals surface area (Å²) in [6, 6.07) is 10.9. The Morgan fingerprint density at radius 1 is 1.05 bits per heavy atom. The Balaban J connectivity index is 0.00000242. The summed E-state index contributed by atoms with van der Waals surface area (Å²) < 4.78 is 0. The van der Waals surface area contributed by atoms with Gasteiger partial charge in [-0.25, -0.2) is 0 Å². The summed E-state index contributed by atoms with van der Waals surface area (Å²) in [5.74, 6) is 0.0657. The van der Waals surface area contributed by atoms with Gasteiger partial charge in [-0.1, -0.05) is 43.2 Å². The van der Waals surface area contributed by atoms with E-state index in [4.69, 9.17) is 5.11 Å². The molecule has 0 aromatic heterocycles. The lowest BCUT2D eigenvalue weighted by Crippen LogP contribution is -2.33. The van der Waals surface area contributed by atoms with Crippen molar-refractivity contribution in [3.05, 3.63) is 35.9 Å². The predicted molar refractivity (Wildman–Crippen MR) is 92.8 cm³/mol. The van der Waals surface area contributed by atoms with E-state index in [1.165, 1.54) is 44.5 Å². The smallest absolute Gasteiger partial charge is 0.303 e. The second-order valence-corrected chi connectivity index (χ2v) is 6.08. The Bertz CT molecular complexity index is 416. The van der Waals surface area contributed by atoms with Crippen molar-refractivity contribution < 1.29 is 9.90 Å². The van der Waals surface area contributed by atoms with Crippen LogP contribution in [0.4, 0.5) is 0 Å². The molecule has 0 radical (unpaired) electrons. The number of benzene rings is 1. The highest BCUT2D eigenvalue weighted by molar-refractivity contribution is 5.85. The van der Waals surface area contributed by atoms with Crippen LogP contribution in [-0.4, -0.2) is 35.6 Å². The molecule has 3 nitrogen and oxygen atoms in total. The second kappa shape index (κ2) is 10.6. The Hall–Kier alpha value is -1.06. The van der Waals surface area contributed by atoms with Gasteiger partial charge in [0, 0.05) is 6.42 Å². The molecule has 1 aliphatic heterocycles. The molecule has 0 spiro atoms. The average molecular weight is 326 g/mol. The van der Waals surface area contributed by atoms with Crippen LogP contribution in [0, 0.1) is 0 Å². The van der Waals surface area contributed by atoms with Crippen LogP contribution in [0.1, 0.15) is 56.4 Å². The molecule has 0 bridgehead atoms. The summed E-state index contributed by atoms with van der Waals surface area (Å²) in [4.78, 5) is 13.0. The van der Waals surface area contributed by atoms with Crippen LogP contribution in [0.15, 0.2) is 30.3 Å². The highest BCUT2D eigenvalue weighted by atomic mass is 35.5. The van der Waals surface area contributed by atoms with E-state index in [9.17, 15) is 4.79 Å². The van der Waals surface area contributed by atoms with Gasteiger partial charge in [0.05, 0.1) is 0 Å². The lowest BCUT2D eigenvalue weighted by atomic mass is 9.89. The van der Waals surface area contributed by atoms with E-state index >= 15 is 0 Å². The maximum absolute atomic E-state index is 10.4. The van der Waals surface area contributed by atoms with Gasteiger partial charge >= 0.3 is 5.97 Å². The highest BCUT2D eigenvalue weighted by Gasteiger charge is 2.19. The first-order valence-electron chi connectivity index (χ1n) is 8.25. The Morgan fingerprint density at radius 2 is 1.68 bits per heavy atom. The number of hydrogen-bond acceptors (Lipinski definition) is 2. The summed E-state index contributed by atoms with van der Waals surface area (Å²) in [6.45, 7) is 3.58. The number of likely N-dealkylation sites (tertiary alicyclic amines) is 1. The van der Waals surface area contributed by atoms with E-state index in [1.54, 1.807) is 0 Å². The molecule has 1 aliphatic rings. The van der Waals surface area contributed by atoms with E-state index in [-0.39, 0.29) is 12.4 Å². The number of unbranched alkanes of at least 4 members (excludes halogenated alkanes) is 3. The number of halogens is 1. The van der Waals surface area contributed by atoms with E-state index < -0.39 is 5.97 Å². The normalized spacial score (nSPS) is 16.2. The maximum atomic E-state index is 10.4. The maximum Gasteiger partial charge on any atom is 0.303 e. The zero-order valence-electron chi connectivity index (χ0n) is 13.2. The minimum Gasteiger partial charge on any atom is -0.481 e. The standard InChI is InChI=1S/C18H27NO2.ClH/c20-18(21)10-6-1-2-7-13-19-14-11-17(12-15-19)16-8-4-3-5-9-16;/h3-5,8-9,17H,1-2,6-7,10-15H2,(H,20,21);1H. The number of aliphatic carboxylic acids is 1. The van der Waals surface area contributed by atoms with Crippen molar-refractivity contribution in [3.8, 4) is 0 Å². The van der Waals surface area contributed by atoms with E-state index in [2.05, 4.69) is 35.2 Å². The van der Waals surface area contributed by atoms with Crippen molar-refractivity contribution >= 4 is 18.4 Å². The molecule has 1 fully saturated rings. The van der Waals surface area contributed by atoms with Crippen LogP contribution in [-0.2, 0) is 4.79 Å². The molecule has 0 aliphatic carbocycles. The Labute approximate surface area is 140 Å². The average Bonchev–Trinajstić information content (AvgIpc) is 2.52. The van der Waals surface area contributed by atoms with Crippen molar-refractivity contribution in [2.75, 3.05) is 19.6 Å². The second-order valence-electron chi connectivity index (χ2n) is 6.08. The molecule has 0 unspecified atom stereocenters. The third kappa shape index (κ3) is 6.80. The molecular formula is C18H28ClNO2. The summed E-state index contributed by atoms with van der Waals surface area (Å²) in [5.41, 5.74) is 1.49. The molecule has 124 valence electrons. The van der Waals surface area contributed by atoms with Gasteiger partial charge in [0.1, 0.15) is 0 Å². The van der Waals surface area contributed by atoms with Crippen LogP contribution < -0.4 is 0 Å². The topological polar surface area (TPSA) is 40.5 Å². The molecule has 2 rings (SSSR count). The molecule has 1 aromatic rings. The number of piperidine rings is 1. The fraction of sp³-hybridized carbons (Fsp3) is 0.611. The van der Waals surface area contributed by atoms with Crippen molar-refractivity contribution in [2.24, 2.45) is 0 Å². The summed E-state index contributed by atoms with van der Waals surface area (Å²) >= 11 is 0. The quantitative estimate of drug-likeness (QED) is 0.723. The first-order chi connectivity index (χ1) is 10.3. The summed E-state index contributed by atoms with van der Waals surface area (Å²) in [7, 11) is 0. The van der Waals surface area contributed by atoms with Crippen LogP contribution in [0.2, 0.25) is 0 Å². The highest BCUT2D eigenvalue weighted by Crippen LogP contribution is 2.27. The van der Waals surface area contributed by atoms with Crippen LogP contribution >= 0.6 is 12.4 Å². The summed E-state index contributed by atoms with van der Waals surface area (Å²) in [5, 5.41) is 8.58. The molecule has 1 N–H and O–H groups in total. The molecule has 22 heavy (non-hydrogen) atoms. The zero-order chi connectivity index (χ0) is 14.9. The zero-order valence-corrected chi connectivity index (χ0v) is 14.1. The fourth-order valence-electron chi connectivity index (χ4n) is 3.18. The number of carboxylic acid groups (broad SMARTS) is 1.